The Bertz CT molecular complexity index is 711. The van der Waals surface area contributed by atoms with Gasteiger partial charge in [-0.2, -0.15) is 5.10 Å². The number of hydrogen-bond acceptors (Lipinski definition) is 4. The lowest BCUT2D eigenvalue weighted by Gasteiger charge is -2.25. The van der Waals surface area contributed by atoms with Crippen molar-refractivity contribution in [2.24, 2.45) is 0 Å². The van der Waals surface area contributed by atoms with Crippen LogP contribution in [-0.4, -0.2) is 46.1 Å². The fourth-order valence-electron chi connectivity index (χ4n) is 3.94. The molecule has 0 bridgehead atoms. The van der Waals surface area contributed by atoms with Crippen LogP contribution in [0.4, 0.5) is 0 Å². The molecule has 1 aliphatic heterocycles. The first-order valence-electron chi connectivity index (χ1n) is 9.13. The summed E-state index contributed by atoms with van der Waals surface area (Å²) in [5.74, 6) is 0.984. The maximum atomic E-state index is 9.20. The van der Waals surface area contributed by atoms with Gasteiger partial charge in [0.2, 0.25) is 0 Å². The van der Waals surface area contributed by atoms with Crippen molar-refractivity contribution in [2.45, 2.75) is 52.2 Å². The number of rotatable bonds is 7. The predicted octanol–water partition coefficient (Wildman–Crippen LogP) is 2.71. The summed E-state index contributed by atoms with van der Waals surface area (Å²) in [5.41, 5.74) is 4.84. The van der Waals surface area contributed by atoms with Crippen LogP contribution in [0.3, 0.4) is 0 Å². The summed E-state index contributed by atoms with van der Waals surface area (Å²) in [7, 11) is 1.74. The Kier molecular flexibility index (Phi) is 5.76. The molecule has 0 amide bonds. The fourth-order valence-corrected chi connectivity index (χ4v) is 3.94. The zero-order valence-electron chi connectivity index (χ0n) is 15.5. The van der Waals surface area contributed by atoms with Crippen LogP contribution in [0, 0.1) is 13.8 Å². The summed E-state index contributed by atoms with van der Waals surface area (Å²) in [6.07, 6.45) is 3.48. The SMILES string of the molecule is COc1ccccc1CC1CCCN1Cc1c(C)nn(CCO)c1C. The molecule has 1 saturated heterocycles. The number of nitrogens with zero attached hydrogens (tertiary/aromatic N) is 3. The number of aliphatic hydroxyl groups is 1. The van der Waals surface area contributed by atoms with Crippen LogP contribution in [0.1, 0.15) is 35.4 Å². The molecule has 5 nitrogen and oxygen atoms in total. The standard InChI is InChI=1S/C20H29N3O2/c1-15-19(16(2)23(21-15)11-12-24)14-22-10-6-8-18(22)13-17-7-4-5-9-20(17)25-3/h4-5,7,9,18,24H,6,8,10-14H2,1-3H3. The van der Waals surface area contributed by atoms with Gasteiger partial charge < -0.3 is 9.84 Å². The molecule has 0 spiro atoms. The summed E-state index contributed by atoms with van der Waals surface area (Å²) in [5, 5.41) is 13.8. The minimum atomic E-state index is 0.127. The van der Waals surface area contributed by atoms with Gasteiger partial charge in [0.1, 0.15) is 5.75 Å². The molecule has 1 N–H and O–H groups in total. The van der Waals surface area contributed by atoms with E-state index in [0.717, 1.165) is 31.0 Å². The van der Waals surface area contributed by atoms with Crippen LogP contribution >= 0.6 is 0 Å². The van der Waals surface area contributed by atoms with Gasteiger partial charge in [-0.25, -0.2) is 0 Å². The van der Waals surface area contributed by atoms with Gasteiger partial charge >= 0.3 is 0 Å². The number of benzene rings is 1. The Morgan fingerprint density at radius 3 is 2.84 bits per heavy atom. The second-order valence-electron chi connectivity index (χ2n) is 6.88. The van der Waals surface area contributed by atoms with Crippen LogP contribution < -0.4 is 4.74 Å². The Morgan fingerprint density at radius 2 is 2.08 bits per heavy atom. The number of aliphatic hydroxyl groups excluding tert-OH is 1. The van der Waals surface area contributed by atoms with E-state index in [2.05, 4.69) is 36.0 Å². The van der Waals surface area contributed by atoms with Crippen molar-refractivity contribution in [1.29, 1.82) is 0 Å². The Labute approximate surface area is 150 Å². The van der Waals surface area contributed by atoms with E-state index >= 15 is 0 Å². The van der Waals surface area contributed by atoms with Gasteiger partial charge in [-0.1, -0.05) is 18.2 Å². The maximum Gasteiger partial charge on any atom is 0.122 e. The summed E-state index contributed by atoms with van der Waals surface area (Å²) in [6.45, 7) is 6.93. The maximum absolute atomic E-state index is 9.20. The molecule has 25 heavy (non-hydrogen) atoms. The Balaban J connectivity index is 1.74. The molecule has 1 aliphatic rings. The van der Waals surface area contributed by atoms with E-state index in [4.69, 9.17) is 4.74 Å². The molecule has 1 aromatic heterocycles. The zero-order chi connectivity index (χ0) is 17.8. The van der Waals surface area contributed by atoms with Gasteiger partial charge in [-0.3, -0.25) is 9.58 Å². The summed E-state index contributed by atoms with van der Waals surface area (Å²) in [6, 6.07) is 8.87. The van der Waals surface area contributed by atoms with E-state index in [-0.39, 0.29) is 6.61 Å². The molecular formula is C20H29N3O2. The number of aryl methyl sites for hydroxylation is 1. The molecule has 136 valence electrons. The average molecular weight is 343 g/mol. The molecule has 0 aliphatic carbocycles. The highest BCUT2D eigenvalue weighted by Gasteiger charge is 2.27. The quantitative estimate of drug-likeness (QED) is 0.840. The molecule has 2 aromatic rings. The monoisotopic (exact) mass is 343 g/mol. The number of methoxy groups -OCH3 is 1. The molecule has 5 heteroatoms. The number of ether oxygens (including phenoxy) is 1. The molecule has 0 radical (unpaired) electrons. The van der Waals surface area contributed by atoms with Crippen molar-refractivity contribution in [3.8, 4) is 5.75 Å². The molecule has 2 heterocycles. The van der Waals surface area contributed by atoms with Crippen LogP contribution in [0.2, 0.25) is 0 Å². The Morgan fingerprint density at radius 1 is 1.28 bits per heavy atom. The van der Waals surface area contributed by atoms with Gasteiger partial charge in [-0.15, -0.1) is 0 Å². The van der Waals surface area contributed by atoms with Crippen LogP contribution in [-0.2, 0) is 19.5 Å². The summed E-state index contributed by atoms with van der Waals surface area (Å²) < 4.78 is 7.45. The van der Waals surface area contributed by atoms with Gasteiger partial charge in [-0.05, 0) is 51.3 Å². The van der Waals surface area contributed by atoms with Crippen molar-refractivity contribution in [1.82, 2.24) is 14.7 Å². The van der Waals surface area contributed by atoms with Crippen LogP contribution in [0.5, 0.6) is 5.75 Å². The third kappa shape index (κ3) is 3.88. The number of hydrogen-bond donors (Lipinski definition) is 1. The fraction of sp³-hybridized carbons (Fsp3) is 0.550. The second-order valence-corrected chi connectivity index (χ2v) is 6.88. The van der Waals surface area contributed by atoms with E-state index in [9.17, 15) is 5.11 Å². The van der Waals surface area contributed by atoms with E-state index in [1.807, 2.05) is 16.8 Å². The number of para-hydroxylation sites is 1. The van der Waals surface area contributed by atoms with E-state index in [1.165, 1.54) is 29.7 Å². The topological polar surface area (TPSA) is 50.5 Å². The van der Waals surface area contributed by atoms with Crippen molar-refractivity contribution in [3.63, 3.8) is 0 Å². The highest BCUT2D eigenvalue weighted by atomic mass is 16.5. The lowest BCUT2D eigenvalue weighted by Crippen LogP contribution is -2.31. The highest BCUT2D eigenvalue weighted by molar-refractivity contribution is 5.34. The smallest absolute Gasteiger partial charge is 0.122 e. The average Bonchev–Trinajstić information content (AvgIpc) is 3.15. The van der Waals surface area contributed by atoms with Gasteiger partial charge in [0.25, 0.3) is 0 Å². The van der Waals surface area contributed by atoms with Crippen molar-refractivity contribution in [2.75, 3.05) is 20.3 Å². The van der Waals surface area contributed by atoms with E-state index < -0.39 is 0 Å². The summed E-state index contributed by atoms with van der Waals surface area (Å²) >= 11 is 0. The minimum Gasteiger partial charge on any atom is -0.496 e. The van der Waals surface area contributed by atoms with E-state index in [1.54, 1.807) is 7.11 Å². The molecule has 3 rings (SSSR count). The number of likely N-dealkylation sites (tertiary alicyclic amines) is 1. The normalized spacial score (nSPS) is 18.0. The van der Waals surface area contributed by atoms with Crippen molar-refractivity contribution in [3.05, 3.63) is 46.8 Å². The molecule has 0 saturated carbocycles. The van der Waals surface area contributed by atoms with Gasteiger partial charge in [0.05, 0.1) is 26.0 Å². The second kappa shape index (κ2) is 8.02. The molecule has 1 atom stereocenters. The molecular weight excluding hydrogens is 314 g/mol. The van der Waals surface area contributed by atoms with Crippen molar-refractivity contribution < 1.29 is 9.84 Å². The first-order valence-corrected chi connectivity index (χ1v) is 9.13. The molecule has 1 unspecified atom stereocenters. The largest absolute Gasteiger partial charge is 0.496 e. The third-order valence-electron chi connectivity index (χ3n) is 5.35. The Hall–Kier alpha value is -1.85. The predicted molar refractivity (Wildman–Crippen MR) is 98.9 cm³/mol. The van der Waals surface area contributed by atoms with E-state index in [0.29, 0.717) is 12.6 Å². The highest BCUT2D eigenvalue weighted by Crippen LogP contribution is 2.28. The van der Waals surface area contributed by atoms with Crippen LogP contribution in [0.15, 0.2) is 24.3 Å². The first kappa shape index (κ1) is 18.0. The third-order valence-corrected chi connectivity index (χ3v) is 5.35. The lowest BCUT2D eigenvalue weighted by molar-refractivity contribution is 0.241. The lowest BCUT2D eigenvalue weighted by atomic mass is 10.0. The molecule has 1 fully saturated rings. The van der Waals surface area contributed by atoms with Crippen molar-refractivity contribution >= 4 is 0 Å². The summed E-state index contributed by atoms with van der Waals surface area (Å²) in [4.78, 5) is 2.58. The van der Waals surface area contributed by atoms with Crippen LogP contribution in [0.25, 0.3) is 0 Å². The van der Waals surface area contributed by atoms with Gasteiger partial charge in [0.15, 0.2) is 0 Å². The number of aromatic nitrogens is 2. The van der Waals surface area contributed by atoms with Gasteiger partial charge in [0, 0.05) is 23.8 Å². The first-order chi connectivity index (χ1) is 12.1. The zero-order valence-corrected chi connectivity index (χ0v) is 15.5. The molecule has 1 aromatic carbocycles. The minimum absolute atomic E-state index is 0.127.